The second-order valence-electron chi connectivity index (χ2n) is 7.14. The monoisotopic (exact) mass is 293 g/mol. The molecule has 1 aliphatic carbocycles. The van der Waals surface area contributed by atoms with Crippen LogP contribution in [0, 0.1) is 17.8 Å². The fourth-order valence-corrected chi connectivity index (χ4v) is 4.27. The molecule has 3 N–H and O–H groups in total. The molecule has 5 unspecified atom stereocenters. The molecule has 2 aliphatic heterocycles. The molecule has 0 aromatic heterocycles. The quantitative estimate of drug-likeness (QED) is 0.753. The number of nitrogens with one attached hydrogen (secondary N) is 1. The molecule has 3 fully saturated rings. The topological polar surface area (TPSA) is 75.4 Å². The first-order valence-corrected chi connectivity index (χ1v) is 8.40. The van der Waals surface area contributed by atoms with Crippen molar-refractivity contribution in [3.8, 4) is 0 Å². The molecular weight excluding hydrogens is 266 g/mol. The summed E-state index contributed by atoms with van der Waals surface area (Å²) in [5.74, 6) is 1.30. The van der Waals surface area contributed by atoms with Crippen molar-refractivity contribution < 1.29 is 9.59 Å². The summed E-state index contributed by atoms with van der Waals surface area (Å²) in [6, 6.07) is 0.282. The van der Waals surface area contributed by atoms with Gasteiger partial charge in [0, 0.05) is 31.6 Å². The van der Waals surface area contributed by atoms with Gasteiger partial charge < -0.3 is 16.0 Å². The number of carbonyl (C=O) groups excluding carboxylic acids is 2. The predicted molar refractivity (Wildman–Crippen MR) is 80.3 cm³/mol. The van der Waals surface area contributed by atoms with Crippen molar-refractivity contribution in [2.24, 2.45) is 23.5 Å². The summed E-state index contributed by atoms with van der Waals surface area (Å²) in [7, 11) is 0. The minimum absolute atomic E-state index is 0.00322. The first kappa shape index (κ1) is 14.8. The molecule has 2 heterocycles. The van der Waals surface area contributed by atoms with E-state index in [2.05, 4.69) is 12.2 Å². The maximum atomic E-state index is 12.8. The number of fused-ring (bicyclic) bond motifs is 1. The van der Waals surface area contributed by atoms with Gasteiger partial charge in [-0.05, 0) is 37.5 Å². The van der Waals surface area contributed by atoms with Crippen molar-refractivity contribution >= 4 is 11.8 Å². The number of piperidine rings is 2. The summed E-state index contributed by atoms with van der Waals surface area (Å²) in [6.07, 6.45) is 5.59. The van der Waals surface area contributed by atoms with Gasteiger partial charge in [-0.2, -0.15) is 0 Å². The molecule has 21 heavy (non-hydrogen) atoms. The van der Waals surface area contributed by atoms with E-state index in [1.807, 2.05) is 4.90 Å². The highest BCUT2D eigenvalue weighted by molar-refractivity contribution is 5.80. The average Bonchev–Trinajstić information content (AvgIpc) is 2.49. The maximum absolute atomic E-state index is 12.8. The first-order chi connectivity index (χ1) is 10.1. The largest absolute Gasteiger partial charge is 0.353 e. The Bertz CT molecular complexity index is 426. The average molecular weight is 293 g/mol. The number of nitrogens with two attached hydrogens (primary N) is 1. The molecule has 0 radical (unpaired) electrons. The van der Waals surface area contributed by atoms with Gasteiger partial charge in [-0.25, -0.2) is 0 Å². The van der Waals surface area contributed by atoms with Gasteiger partial charge in [-0.3, -0.25) is 9.59 Å². The zero-order valence-electron chi connectivity index (χ0n) is 12.9. The zero-order chi connectivity index (χ0) is 15.0. The Morgan fingerprint density at radius 2 is 2.10 bits per heavy atom. The van der Waals surface area contributed by atoms with Crippen LogP contribution in [0.3, 0.4) is 0 Å². The number of hydrogen-bond donors (Lipinski definition) is 2. The van der Waals surface area contributed by atoms with Crippen LogP contribution < -0.4 is 11.1 Å². The van der Waals surface area contributed by atoms with E-state index in [-0.39, 0.29) is 29.8 Å². The summed E-state index contributed by atoms with van der Waals surface area (Å²) >= 11 is 0. The summed E-state index contributed by atoms with van der Waals surface area (Å²) in [5, 5.41) is 3.07. The minimum Gasteiger partial charge on any atom is -0.353 e. The van der Waals surface area contributed by atoms with Gasteiger partial charge in [0.15, 0.2) is 0 Å². The minimum atomic E-state index is 0.00322. The smallest absolute Gasteiger partial charge is 0.227 e. The molecule has 5 heteroatoms. The van der Waals surface area contributed by atoms with E-state index in [9.17, 15) is 9.59 Å². The van der Waals surface area contributed by atoms with Crippen LogP contribution in [0.25, 0.3) is 0 Å². The lowest BCUT2D eigenvalue weighted by atomic mass is 9.77. The fraction of sp³-hybridized carbons (Fsp3) is 0.875. The molecule has 3 rings (SSSR count). The Morgan fingerprint density at radius 3 is 2.90 bits per heavy atom. The van der Waals surface area contributed by atoms with E-state index >= 15 is 0 Å². The predicted octanol–water partition coefficient (Wildman–Crippen LogP) is 0.877. The molecule has 0 spiro atoms. The Labute approximate surface area is 126 Å². The second-order valence-corrected chi connectivity index (χ2v) is 7.14. The Kier molecular flexibility index (Phi) is 4.20. The van der Waals surface area contributed by atoms with Crippen LogP contribution in [0.15, 0.2) is 0 Å². The van der Waals surface area contributed by atoms with Gasteiger partial charge in [-0.15, -0.1) is 0 Å². The Morgan fingerprint density at radius 1 is 1.29 bits per heavy atom. The van der Waals surface area contributed by atoms with Gasteiger partial charge in [0.1, 0.15) is 0 Å². The molecule has 0 bridgehead atoms. The number of rotatable bonds is 1. The number of nitrogens with zero attached hydrogens (tertiary/aromatic N) is 1. The fourth-order valence-electron chi connectivity index (χ4n) is 4.27. The van der Waals surface area contributed by atoms with Crippen LogP contribution in [0.1, 0.15) is 45.4 Å². The molecule has 2 amide bonds. The van der Waals surface area contributed by atoms with Crippen molar-refractivity contribution in [2.75, 3.05) is 13.1 Å². The molecule has 118 valence electrons. The van der Waals surface area contributed by atoms with Gasteiger partial charge in [0.25, 0.3) is 0 Å². The molecule has 0 aromatic carbocycles. The Balaban J connectivity index is 1.62. The van der Waals surface area contributed by atoms with Crippen LogP contribution in [-0.4, -0.2) is 41.9 Å². The number of hydrogen-bond acceptors (Lipinski definition) is 3. The van der Waals surface area contributed by atoms with Crippen LogP contribution in [0.4, 0.5) is 0 Å². The summed E-state index contributed by atoms with van der Waals surface area (Å²) in [6.45, 7) is 3.71. The van der Waals surface area contributed by atoms with Gasteiger partial charge >= 0.3 is 0 Å². The third-order valence-electron chi connectivity index (χ3n) is 5.75. The third kappa shape index (κ3) is 2.93. The maximum Gasteiger partial charge on any atom is 0.227 e. The lowest BCUT2D eigenvalue weighted by molar-refractivity contribution is -0.141. The molecule has 5 atom stereocenters. The number of carbonyl (C=O) groups is 2. The molecule has 3 aliphatic rings. The second kappa shape index (κ2) is 5.95. The summed E-state index contributed by atoms with van der Waals surface area (Å²) in [4.78, 5) is 26.3. The lowest BCUT2D eigenvalue weighted by Crippen LogP contribution is -2.57. The van der Waals surface area contributed by atoms with Crippen molar-refractivity contribution in [2.45, 2.75) is 57.5 Å². The summed E-state index contributed by atoms with van der Waals surface area (Å²) in [5.41, 5.74) is 6.28. The van der Waals surface area contributed by atoms with Crippen LogP contribution in [0.2, 0.25) is 0 Å². The molecule has 1 saturated carbocycles. The van der Waals surface area contributed by atoms with Crippen LogP contribution in [-0.2, 0) is 9.59 Å². The molecule has 2 saturated heterocycles. The van der Waals surface area contributed by atoms with Gasteiger partial charge in [0.2, 0.25) is 11.8 Å². The van der Waals surface area contributed by atoms with Crippen molar-refractivity contribution in [1.82, 2.24) is 10.2 Å². The van der Waals surface area contributed by atoms with Crippen molar-refractivity contribution in [3.05, 3.63) is 0 Å². The standard InChI is InChI=1S/C16H27N3O2/c1-10-3-2-4-12(15(10)17)16(21)19-8-7-13-11(9-19)5-6-14(20)18-13/h10-13,15H,2-9,17H2,1H3,(H,18,20). The van der Waals surface area contributed by atoms with E-state index in [0.717, 1.165) is 45.2 Å². The highest BCUT2D eigenvalue weighted by atomic mass is 16.2. The van der Waals surface area contributed by atoms with E-state index in [0.29, 0.717) is 18.3 Å². The number of amides is 2. The molecule has 0 aromatic rings. The van der Waals surface area contributed by atoms with Crippen LogP contribution >= 0.6 is 0 Å². The highest BCUT2D eigenvalue weighted by Gasteiger charge is 2.40. The van der Waals surface area contributed by atoms with Gasteiger partial charge in [-0.1, -0.05) is 13.3 Å². The zero-order valence-corrected chi connectivity index (χ0v) is 12.9. The van der Waals surface area contributed by atoms with E-state index in [1.54, 1.807) is 0 Å². The first-order valence-electron chi connectivity index (χ1n) is 8.40. The lowest BCUT2D eigenvalue weighted by Gasteiger charge is -2.44. The van der Waals surface area contributed by atoms with E-state index in [1.165, 1.54) is 0 Å². The molecular formula is C16H27N3O2. The van der Waals surface area contributed by atoms with E-state index in [4.69, 9.17) is 5.73 Å². The van der Waals surface area contributed by atoms with Gasteiger partial charge in [0.05, 0.1) is 5.92 Å². The highest BCUT2D eigenvalue weighted by Crippen LogP contribution is 2.32. The normalized spacial score (nSPS) is 40.4. The summed E-state index contributed by atoms with van der Waals surface area (Å²) < 4.78 is 0. The van der Waals surface area contributed by atoms with Crippen molar-refractivity contribution in [3.63, 3.8) is 0 Å². The van der Waals surface area contributed by atoms with Crippen LogP contribution in [0.5, 0.6) is 0 Å². The third-order valence-corrected chi connectivity index (χ3v) is 5.75. The Hall–Kier alpha value is -1.10. The van der Waals surface area contributed by atoms with Crippen molar-refractivity contribution in [1.29, 1.82) is 0 Å². The molecule has 5 nitrogen and oxygen atoms in total. The number of likely N-dealkylation sites (tertiary alicyclic amines) is 1. The van der Waals surface area contributed by atoms with E-state index < -0.39 is 0 Å². The SMILES string of the molecule is CC1CCCC(C(=O)N2CCC3NC(=O)CCC3C2)C1N.